The standard InChI is InChI=1S/C14H19ClN2O2/c1-10-5-11(7-16)8-17(10)14(18)9-19-13-4-2-3-12(15)6-13/h2-4,6,10-11H,5,7-9,16H2,1H3. The van der Waals surface area contributed by atoms with Gasteiger partial charge in [-0.15, -0.1) is 0 Å². The van der Waals surface area contributed by atoms with Gasteiger partial charge in [0.1, 0.15) is 5.75 Å². The number of likely N-dealkylation sites (tertiary alicyclic amines) is 1. The largest absolute Gasteiger partial charge is 0.484 e. The lowest BCUT2D eigenvalue weighted by atomic mass is 10.1. The summed E-state index contributed by atoms with van der Waals surface area (Å²) >= 11 is 5.86. The van der Waals surface area contributed by atoms with Crippen molar-refractivity contribution in [3.05, 3.63) is 29.3 Å². The average Bonchev–Trinajstić information content (AvgIpc) is 2.77. The van der Waals surface area contributed by atoms with E-state index in [2.05, 4.69) is 0 Å². The van der Waals surface area contributed by atoms with Crippen molar-refractivity contribution < 1.29 is 9.53 Å². The Kier molecular flexibility index (Phi) is 4.66. The molecule has 2 rings (SSSR count). The molecule has 1 amide bonds. The maximum Gasteiger partial charge on any atom is 0.260 e. The molecule has 0 aromatic heterocycles. The van der Waals surface area contributed by atoms with E-state index in [9.17, 15) is 4.79 Å². The number of hydrogen-bond donors (Lipinski definition) is 1. The highest BCUT2D eigenvalue weighted by Gasteiger charge is 2.31. The van der Waals surface area contributed by atoms with Crippen LogP contribution >= 0.6 is 11.6 Å². The minimum atomic E-state index is 0.00317. The first-order valence-electron chi connectivity index (χ1n) is 6.48. The van der Waals surface area contributed by atoms with Gasteiger partial charge in [0.05, 0.1) is 0 Å². The van der Waals surface area contributed by atoms with Crippen LogP contribution in [-0.4, -0.2) is 36.5 Å². The molecule has 0 saturated carbocycles. The van der Waals surface area contributed by atoms with Gasteiger partial charge in [0, 0.05) is 17.6 Å². The second-order valence-electron chi connectivity index (χ2n) is 4.98. The number of carbonyl (C=O) groups excluding carboxylic acids is 1. The minimum Gasteiger partial charge on any atom is -0.484 e. The second-order valence-corrected chi connectivity index (χ2v) is 5.42. The molecular formula is C14H19ClN2O2. The van der Waals surface area contributed by atoms with Crippen LogP contribution in [0.5, 0.6) is 5.75 Å². The number of halogens is 1. The van der Waals surface area contributed by atoms with Crippen LogP contribution < -0.4 is 10.5 Å². The van der Waals surface area contributed by atoms with Crippen molar-refractivity contribution in [1.82, 2.24) is 4.90 Å². The van der Waals surface area contributed by atoms with Crippen LogP contribution in [0.3, 0.4) is 0 Å². The molecule has 1 aliphatic heterocycles. The molecule has 1 saturated heterocycles. The monoisotopic (exact) mass is 282 g/mol. The predicted octanol–water partition coefficient (Wildman–Crippen LogP) is 1.91. The molecule has 2 unspecified atom stereocenters. The van der Waals surface area contributed by atoms with Gasteiger partial charge in [0.15, 0.2) is 6.61 Å². The Labute approximate surface area is 118 Å². The summed E-state index contributed by atoms with van der Waals surface area (Å²) in [4.78, 5) is 14.0. The van der Waals surface area contributed by atoms with Gasteiger partial charge in [0.25, 0.3) is 5.91 Å². The molecule has 1 aromatic carbocycles. The van der Waals surface area contributed by atoms with Crippen molar-refractivity contribution in [3.63, 3.8) is 0 Å². The zero-order chi connectivity index (χ0) is 13.8. The van der Waals surface area contributed by atoms with Gasteiger partial charge >= 0.3 is 0 Å². The van der Waals surface area contributed by atoms with Crippen molar-refractivity contribution in [1.29, 1.82) is 0 Å². The summed E-state index contributed by atoms with van der Waals surface area (Å²) in [5, 5.41) is 0.600. The van der Waals surface area contributed by atoms with Crippen LogP contribution in [0.25, 0.3) is 0 Å². The lowest BCUT2D eigenvalue weighted by molar-refractivity contribution is -0.134. The molecule has 0 aliphatic carbocycles. The Morgan fingerprint density at radius 1 is 1.58 bits per heavy atom. The summed E-state index contributed by atoms with van der Waals surface area (Å²) < 4.78 is 5.47. The van der Waals surface area contributed by atoms with Crippen molar-refractivity contribution in [2.24, 2.45) is 11.7 Å². The smallest absolute Gasteiger partial charge is 0.260 e. The molecule has 1 aromatic rings. The van der Waals surface area contributed by atoms with Crippen molar-refractivity contribution >= 4 is 17.5 Å². The number of rotatable bonds is 4. The lowest BCUT2D eigenvalue weighted by Crippen LogP contribution is -2.37. The number of carbonyl (C=O) groups is 1. The molecule has 1 fully saturated rings. The summed E-state index contributed by atoms with van der Waals surface area (Å²) in [6.07, 6.45) is 0.972. The SMILES string of the molecule is CC1CC(CN)CN1C(=O)COc1cccc(Cl)c1. The molecule has 2 N–H and O–H groups in total. The number of benzene rings is 1. The summed E-state index contributed by atoms with van der Waals surface area (Å²) in [7, 11) is 0. The fourth-order valence-electron chi connectivity index (χ4n) is 2.45. The average molecular weight is 283 g/mol. The van der Waals surface area contributed by atoms with Crippen LogP contribution in [0.1, 0.15) is 13.3 Å². The Morgan fingerprint density at radius 2 is 2.37 bits per heavy atom. The number of hydrogen-bond acceptors (Lipinski definition) is 3. The molecule has 104 valence electrons. The highest BCUT2D eigenvalue weighted by molar-refractivity contribution is 6.30. The molecule has 0 radical (unpaired) electrons. The maximum atomic E-state index is 12.1. The molecule has 2 atom stereocenters. The zero-order valence-corrected chi connectivity index (χ0v) is 11.8. The Morgan fingerprint density at radius 3 is 3.00 bits per heavy atom. The van der Waals surface area contributed by atoms with E-state index in [4.69, 9.17) is 22.1 Å². The molecule has 4 nitrogen and oxygen atoms in total. The number of ether oxygens (including phenoxy) is 1. The van der Waals surface area contributed by atoms with Crippen molar-refractivity contribution in [2.45, 2.75) is 19.4 Å². The lowest BCUT2D eigenvalue weighted by Gasteiger charge is -2.21. The van der Waals surface area contributed by atoms with E-state index in [1.165, 1.54) is 0 Å². The van der Waals surface area contributed by atoms with Gasteiger partial charge in [-0.05, 0) is 44.0 Å². The quantitative estimate of drug-likeness (QED) is 0.918. The van der Waals surface area contributed by atoms with Crippen LogP contribution in [-0.2, 0) is 4.79 Å². The van der Waals surface area contributed by atoms with Gasteiger partial charge in [-0.2, -0.15) is 0 Å². The number of amides is 1. The first kappa shape index (κ1) is 14.2. The molecule has 1 heterocycles. The fraction of sp³-hybridized carbons (Fsp3) is 0.500. The molecule has 19 heavy (non-hydrogen) atoms. The second kappa shape index (κ2) is 6.26. The number of nitrogens with zero attached hydrogens (tertiary/aromatic N) is 1. The third-order valence-electron chi connectivity index (χ3n) is 3.47. The van der Waals surface area contributed by atoms with Crippen molar-refractivity contribution in [3.8, 4) is 5.75 Å². The van der Waals surface area contributed by atoms with Crippen LogP contribution in [0.15, 0.2) is 24.3 Å². The van der Waals surface area contributed by atoms with E-state index in [1.54, 1.807) is 24.3 Å². The van der Waals surface area contributed by atoms with Crippen LogP contribution in [0, 0.1) is 5.92 Å². The van der Waals surface area contributed by atoms with E-state index in [1.807, 2.05) is 11.8 Å². The van der Waals surface area contributed by atoms with Crippen LogP contribution in [0.2, 0.25) is 5.02 Å². The third-order valence-corrected chi connectivity index (χ3v) is 3.71. The molecular weight excluding hydrogens is 264 g/mol. The van der Waals surface area contributed by atoms with E-state index in [0.717, 1.165) is 13.0 Å². The van der Waals surface area contributed by atoms with Crippen molar-refractivity contribution in [2.75, 3.05) is 19.7 Å². The third kappa shape index (κ3) is 3.61. The predicted molar refractivity (Wildman–Crippen MR) is 75.3 cm³/mol. The highest BCUT2D eigenvalue weighted by atomic mass is 35.5. The first-order chi connectivity index (χ1) is 9.10. The Balaban J connectivity index is 1.88. The van der Waals surface area contributed by atoms with E-state index in [0.29, 0.717) is 23.2 Å². The topological polar surface area (TPSA) is 55.6 Å². The van der Waals surface area contributed by atoms with Gasteiger partial charge < -0.3 is 15.4 Å². The summed E-state index contributed by atoms with van der Waals surface area (Å²) in [5.41, 5.74) is 5.66. The highest BCUT2D eigenvalue weighted by Crippen LogP contribution is 2.22. The molecule has 1 aliphatic rings. The van der Waals surface area contributed by atoms with E-state index < -0.39 is 0 Å². The number of nitrogens with two attached hydrogens (primary N) is 1. The minimum absolute atomic E-state index is 0.00317. The maximum absolute atomic E-state index is 12.1. The van der Waals surface area contributed by atoms with Gasteiger partial charge in [-0.25, -0.2) is 0 Å². The summed E-state index contributed by atoms with van der Waals surface area (Å²) in [6, 6.07) is 7.29. The summed E-state index contributed by atoms with van der Waals surface area (Å²) in [6.45, 7) is 3.45. The zero-order valence-electron chi connectivity index (χ0n) is 11.0. The van der Waals surface area contributed by atoms with Gasteiger partial charge in [-0.1, -0.05) is 17.7 Å². The van der Waals surface area contributed by atoms with Gasteiger partial charge in [0.2, 0.25) is 0 Å². The van der Waals surface area contributed by atoms with E-state index >= 15 is 0 Å². The molecule has 5 heteroatoms. The Hall–Kier alpha value is -1.26. The normalized spacial score (nSPS) is 22.6. The van der Waals surface area contributed by atoms with Crippen LogP contribution in [0.4, 0.5) is 0 Å². The fourth-order valence-corrected chi connectivity index (χ4v) is 2.63. The molecule has 0 spiro atoms. The van der Waals surface area contributed by atoms with Gasteiger partial charge in [-0.3, -0.25) is 4.79 Å². The summed E-state index contributed by atoms with van der Waals surface area (Å²) in [5.74, 6) is 1.02. The molecule has 0 bridgehead atoms. The first-order valence-corrected chi connectivity index (χ1v) is 6.86. The van der Waals surface area contributed by atoms with E-state index in [-0.39, 0.29) is 18.6 Å². The Bertz CT molecular complexity index is 453.